The number of carbonyl (C=O) groups excluding carboxylic acids is 2. The van der Waals surface area contributed by atoms with E-state index in [1.165, 1.54) is 6.07 Å². The van der Waals surface area contributed by atoms with Gasteiger partial charge < -0.3 is 20.5 Å². The number of primary amides is 1. The molecule has 0 saturated carbocycles. The number of hydrogen-bond donors (Lipinski definition) is 2. The second-order valence-corrected chi connectivity index (χ2v) is 7.80. The zero-order valence-corrected chi connectivity index (χ0v) is 17.7. The molecule has 1 saturated heterocycles. The summed E-state index contributed by atoms with van der Waals surface area (Å²) < 4.78 is 90.9. The topological polar surface area (TPSA) is 104 Å². The van der Waals surface area contributed by atoms with Gasteiger partial charge in [-0.2, -0.15) is 22.0 Å². The molecule has 2 amide bonds. The summed E-state index contributed by atoms with van der Waals surface area (Å²) in [5.74, 6) is -6.62. The Morgan fingerprint density at radius 1 is 1.24 bits per heavy atom. The number of ether oxygens (including phenoxy) is 2. The summed E-state index contributed by atoms with van der Waals surface area (Å²) in [6, 6.07) is 4.76. The first-order valence-electron chi connectivity index (χ1n) is 9.80. The van der Waals surface area contributed by atoms with Gasteiger partial charge in [0, 0.05) is 35.3 Å². The number of carbonyl (C=O) groups is 2. The number of aromatic nitrogens is 1. The van der Waals surface area contributed by atoms with Crippen molar-refractivity contribution in [1.29, 1.82) is 0 Å². The zero-order chi connectivity index (χ0) is 25.4. The van der Waals surface area contributed by atoms with Crippen LogP contribution in [0.15, 0.2) is 36.5 Å². The Morgan fingerprint density at radius 2 is 1.91 bits per heavy atom. The Kier molecular flexibility index (Phi) is 6.78. The number of nitrogens with one attached hydrogen (secondary N) is 1. The lowest BCUT2D eigenvalue weighted by Crippen LogP contribution is -2.47. The average molecular weight is 491 g/mol. The molecule has 1 aromatic carbocycles. The molecule has 1 aliphatic heterocycles. The molecule has 7 nitrogen and oxygen atoms in total. The maximum absolute atomic E-state index is 13.9. The maximum Gasteiger partial charge on any atom is 0.417 e. The number of nitrogens with two attached hydrogens (primary N) is 1. The van der Waals surface area contributed by atoms with Crippen molar-refractivity contribution < 1.29 is 45.4 Å². The van der Waals surface area contributed by atoms with Crippen molar-refractivity contribution >= 4 is 17.5 Å². The van der Waals surface area contributed by atoms with Crippen molar-refractivity contribution in [3.63, 3.8) is 0 Å². The third-order valence-corrected chi connectivity index (χ3v) is 5.76. The van der Waals surface area contributed by atoms with Gasteiger partial charge in [-0.1, -0.05) is 13.0 Å². The first kappa shape index (κ1) is 25.3. The molecule has 3 rings (SSSR count). The lowest BCUT2D eigenvalue weighted by atomic mass is 9.77. The number of anilines is 1. The Hall–Kier alpha value is -3.35. The molecule has 13 heteroatoms. The van der Waals surface area contributed by atoms with Crippen LogP contribution in [0.2, 0.25) is 0 Å². The van der Waals surface area contributed by atoms with Crippen molar-refractivity contribution in [2.45, 2.75) is 44.3 Å². The van der Waals surface area contributed by atoms with E-state index in [0.717, 1.165) is 38.2 Å². The highest BCUT2D eigenvalue weighted by Gasteiger charge is 2.65. The lowest BCUT2D eigenvalue weighted by Gasteiger charge is -2.32. The van der Waals surface area contributed by atoms with E-state index in [1.807, 2.05) is 0 Å². The molecular formula is C21H19F6N3O4. The summed E-state index contributed by atoms with van der Waals surface area (Å²) in [6.45, 7) is -1.53. The predicted octanol–water partition coefficient (Wildman–Crippen LogP) is 4.00. The highest BCUT2D eigenvalue weighted by Crippen LogP contribution is 2.54. The highest BCUT2D eigenvalue weighted by molar-refractivity contribution is 5.97. The molecule has 0 radical (unpaired) electrons. The van der Waals surface area contributed by atoms with Crippen LogP contribution in [-0.2, 0) is 9.53 Å². The number of hydrogen-bond acceptors (Lipinski definition) is 5. The second-order valence-electron chi connectivity index (χ2n) is 7.80. The van der Waals surface area contributed by atoms with Crippen LogP contribution < -0.4 is 15.8 Å². The van der Waals surface area contributed by atoms with Crippen molar-refractivity contribution in [3.05, 3.63) is 53.6 Å². The molecule has 0 spiro atoms. The van der Waals surface area contributed by atoms with Crippen LogP contribution in [0.3, 0.4) is 0 Å². The molecule has 1 fully saturated rings. The van der Waals surface area contributed by atoms with Gasteiger partial charge in [0.1, 0.15) is 23.4 Å². The Labute approximate surface area is 189 Å². The normalized spacial score (nSPS) is 24.8. The number of rotatable bonds is 6. The van der Waals surface area contributed by atoms with Crippen molar-refractivity contribution in [2.75, 3.05) is 5.32 Å². The van der Waals surface area contributed by atoms with Crippen LogP contribution in [0.5, 0.6) is 5.75 Å². The molecule has 184 valence electrons. The van der Waals surface area contributed by atoms with Crippen LogP contribution in [0, 0.1) is 11.7 Å². The van der Waals surface area contributed by atoms with E-state index >= 15 is 0 Å². The SMILES string of the molecule is C[C@H]1[C@H](c2ccc(F)cc2OC(F)F)[C@H](C(=O)Nc2ccnc(C(N)=O)c2)O[C@@]1(C)C(F)(F)F. The number of nitrogens with zero attached hydrogens (tertiary/aromatic N) is 1. The summed E-state index contributed by atoms with van der Waals surface area (Å²) in [5, 5.41) is 2.32. The average Bonchev–Trinajstić information content (AvgIpc) is 3.00. The highest BCUT2D eigenvalue weighted by atomic mass is 19.4. The first-order valence-corrected chi connectivity index (χ1v) is 9.80. The van der Waals surface area contributed by atoms with Gasteiger partial charge in [0.2, 0.25) is 0 Å². The molecule has 3 N–H and O–H groups in total. The van der Waals surface area contributed by atoms with Gasteiger partial charge in [-0.3, -0.25) is 14.6 Å². The van der Waals surface area contributed by atoms with Crippen LogP contribution in [0.25, 0.3) is 0 Å². The Bertz CT molecular complexity index is 1100. The zero-order valence-electron chi connectivity index (χ0n) is 17.7. The number of alkyl halides is 5. The van der Waals surface area contributed by atoms with E-state index in [4.69, 9.17) is 10.5 Å². The van der Waals surface area contributed by atoms with Crippen molar-refractivity contribution in [1.82, 2.24) is 4.98 Å². The number of benzene rings is 1. The smallest absolute Gasteiger partial charge is 0.417 e. The minimum Gasteiger partial charge on any atom is -0.434 e. The Morgan fingerprint density at radius 3 is 2.50 bits per heavy atom. The molecular weight excluding hydrogens is 472 g/mol. The fourth-order valence-corrected chi connectivity index (χ4v) is 3.86. The van der Waals surface area contributed by atoms with Gasteiger partial charge in [-0.05, 0) is 25.1 Å². The molecule has 0 bridgehead atoms. The Balaban J connectivity index is 2.06. The minimum atomic E-state index is -4.95. The van der Waals surface area contributed by atoms with Crippen molar-refractivity contribution in [3.8, 4) is 5.75 Å². The third kappa shape index (κ3) is 4.79. The van der Waals surface area contributed by atoms with Gasteiger partial charge in [0.05, 0.1) is 0 Å². The van der Waals surface area contributed by atoms with E-state index < -0.39 is 59.7 Å². The number of pyridine rings is 1. The number of halogens is 6. The molecule has 4 atom stereocenters. The fourth-order valence-electron chi connectivity index (χ4n) is 3.86. The van der Waals surface area contributed by atoms with Gasteiger partial charge in [-0.15, -0.1) is 0 Å². The third-order valence-electron chi connectivity index (χ3n) is 5.76. The van der Waals surface area contributed by atoms with E-state index in [2.05, 4.69) is 15.0 Å². The van der Waals surface area contributed by atoms with Crippen LogP contribution in [0.4, 0.5) is 32.0 Å². The standard InChI is InChI=1S/C21H19F6N3O4/c1-9-15(12-4-3-10(22)7-14(12)33-19(23)24)16(34-20(9,2)21(25,26)27)18(32)30-11-5-6-29-13(8-11)17(28)31/h3-9,15-16,19H,1-2H3,(H2,28,31)(H,29,30,32)/t9-,15+,16+,20+/m0/s1. The maximum atomic E-state index is 13.9. The molecule has 2 heterocycles. The van der Waals surface area contributed by atoms with Gasteiger partial charge >= 0.3 is 12.8 Å². The molecule has 2 aromatic rings. The lowest BCUT2D eigenvalue weighted by molar-refractivity contribution is -0.272. The molecule has 1 aliphatic rings. The second kappa shape index (κ2) is 9.12. The first-order chi connectivity index (χ1) is 15.7. The van der Waals surface area contributed by atoms with E-state index in [0.29, 0.717) is 6.07 Å². The summed E-state index contributed by atoms with van der Waals surface area (Å²) in [5.41, 5.74) is 1.77. The monoisotopic (exact) mass is 491 g/mol. The van der Waals surface area contributed by atoms with Gasteiger partial charge in [0.15, 0.2) is 5.60 Å². The summed E-state index contributed by atoms with van der Waals surface area (Å²) in [4.78, 5) is 28.0. The summed E-state index contributed by atoms with van der Waals surface area (Å²) >= 11 is 0. The van der Waals surface area contributed by atoms with Crippen LogP contribution >= 0.6 is 0 Å². The summed E-state index contributed by atoms with van der Waals surface area (Å²) in [7, 11) is 0. The predicted molar refractivity (Wildman–Crippen MR) is 106 cm³/mol. The largest absolute Gasteiger partial charge is 0.434 e. The fraction of sp³-hybridized carbons (Fsp3) is 0.381. The van der Waals surface area contributed by atoms with Crippen LogP contribution in [0.1, 0.15) is 35.8 Å². The van der Waals surface area contributed by atoms with Gasteiger partial charge in [0.25, 0.3) is 11.8 Å². The molecule has 0 aliphatic carbocycles. The summed E-state index contributed by atoms with van der Waals surface area (Å²) in [6.07, 6.45) is -5.66. The minimum absolute atomic E-state index is 0.0208. The number of amides is 2. The van der Waals surface area contributed by atoms with Crippen molar-refractivity contribution in [2.24, 2.45) is 11.7 Å². The van der Waals surface area contributed by atoms with Crippen LogP contribution in [-0.4, -0.2) is 41.3 Å². The molecule has 1 aromatic heterocycles. The van der Waals surface area contributed by atoms with E-state index in [-0.39, 0.29) is 16.9 Å². The molecule has 0 unspecified atom stereocenters. The van der Waals surface area contributed by atoms with Gasteiger partial charge in [-0.25, -0.2) is 4.39 Å². The van der Waals surface area contributed by atoms with E-state index in [1.54, 1.807) is 0 Å². The van der Waals surface area contributed by atoms with E-state index in [9.17, 15) is 35.9 Å². The molecule has 34 heavy (non-hydrogen) atoms. The quantitative estimate of drug-likeness (QED) is 0.595.